The van der Waals surface area contributed by atoms with Gasteiger partial charge in [0.15, 0.2) is 0 Å². The van der Waals surface area contributed by atoms with Crippen molar-refractivity contribution in [3.63, 3.8) is 0 Å². The van der Waals surface area contributed by atoms with E-state index in [2.05, 4.69) is 0 Å². The molecule has 0 aromatic heterocycles. The molecule has 1 aliphatic heterocycles. The van der Waals surface area contributed by atoms with Crippen molar-refractivity contribution >= 4 is 12.1 Å². The normalized spacial score (nSPS) is 21.8. The molecule has 1 saturated heterocycles. The Kier molecular flexibility index (Phi) is 5.12. The van der Waals surface area contributed by atoms with E-state index < -0.39 is 30.2 Å². The standard InChI is InChI=1S/C15H16F3NO4/c16-15(17,18)12-11(13(20)21)7-4-8-19(12)14(22)23-9-10-5-2-1-3-6-10/h1-3,5-6,11-12H,4,7-9H2,(H,20,21)/t11-,12+/m1/s1. The molecule has 5 nitrogen and oxygen atoms in total. The Hall–Kier alpha value is -2.25. The van der Waals surface area contributed by atoms with Gasteiger partial charge in [0.1, 0.15) is 12.6 Å². The van der Waals surface area contributed by atoms with Crippen molar-refractivity contribution in [2.45, 2.75) is 31.7 Å². The van der Waals surface area contributed by atoms with Gasteiger partial charge in [-0.2, -0.15) is 13.2 Å². The van der Waals surface area contributed by atoms with Crippen LogP contribution in [0.15, 0.2) is 30.3 Å². The second-order valence-corrected chi connectivity index (χ2v) is 5.31. The van der Waals surface area contributed by atoms with Crippen LogP contribution >= 0.6 is 0 Å². The lowest BCUT2D eigenvalue weighted by Gasteiger charge is -2.39. The number of hydrogen-bond donors (Lipinski definition) is 1. The van der Waals surface area contributed by atoms with Gasteiger partial charge < -0.3 is 9.84 Å². The number of carbonyl (C=O) groups excluding carboxylic acids is 1. The summed E-state index contributed by atoms with van der Waals surface area (Å²) in [5.74, 6) is -3.24. The number of aliphatic carboxylic acids is 1. The lowest BCUT2D eigenvalue weighted by molar-refractivity contribution is -0.205. The van der Waals surface area contributed by atoms with Crippen LogP contribution in [-0.4, -0.2) is 40.8 Å². The van der Waals surface area contributed by atoms with Gasteiger partial charge in [0.2, 0.25) is 0 Å². The first-order valence-corrected chi connectivity index (χ1v) is 7.07. The molecule has 2 rings (SSSR count). The average Bonchev–Trinajstić information content (AvgIpc) is 2.52. The summed E-state index contributed by atoms with van der Waals surface area (Å²) in [6, 6.07) is 6.16. The molecular weight excluding hydrogens is 315 g/mol. The van der Waals surface area contributed by atoms with E-state index in [0.717, 1.165) is 0 Å². The molecular formula is C15H16F3NO4. The van der Waals surface area contributed by atoms with E-state index in [0.29, 0.717) is 10.5 Å². The summed E-state index contributed by atoms with van der Waals surface area (Å²) in [4.78, 5) is 23.6. The van der Waals surface area contributed by atoms with Gasteiger partial charge in [-0.25, -0.2) is 4.79 Å². The number of likely N-dealkylation sites (tertiary alicyclic amines) is 1. The van der Waals surface area contributed by atoms with Gasteiger partial charge in [-0.15, -0.1) is 0 Å². The van der Waals surface area contributed by atoms with E-state index in [1.165, 1.54) is 0 Å². The predicted molar refractivity (Wildman–Crippen MR) is 73.5 cm³/mol. The molecule has 1 amide bonds. The van der Waals surface area contributed by atoms with E-state index in [1.54, 1.807) is 30.3 Å². The summed E-state index contributed by atoms with van der Waals surface area (Å²) in [6.07, 6.45) is -5.91. The van der Waals surface area contributed by atoms with Gasteiger partial charge >= 0.3 is 18.2 Å². The van der Waals surface area contributed by atoms with Crippen LogP contribution in [0.2, 0.25) is 0 Å². The molecule has 8 heteroatoms. The van der Waals surface area contributed by atoms with Crippen LogP contribution in [0, 0.1) is 5.92 Å². The molecule has 126 valence electrons. The van der Waals surface area contributed by atoms with E-state index in [1.807, 2.05) is 0 Å². The van der Waals surface area contributed by atoms with E-state index in [9.17, 15) is 22.8 Å². The van der Waals surface area contributed by atoms with E-state index in [4.69, 9.17) is 9.84 Å². The monoisotopic (exact) mass is 331 g/mol. The Morgan fingerprint density at radius 2 is 1.91 bits per heavy atom. The smallest absolute Gasteiger partial charge is 0.410 e. The highest BCUT2D eigenvalue weighted by Gasteiger charge is 2.54. The fourth-order valence-corrected chi connectivity index (χ4v) is 2.67. The van der Waals surface area contributed by atoms with Crippen molar-refractivity contribution in [3.8, 4) is 0 Å². The maximum absolute atomic E-state index is 13.2. The summed E-state index contributed by atoms with van der Waals surface area (Å²) in [5.41, 5.74) is 0.635. The molecule has 0 aliphatic carbocycles. The minimum atomic E-state index is -4.82. The van der Waals surface area contributed by atoms with Gasteiger partial charge in [-0.1, -0.05) is 30.3 Å². The Morgan fingerprint density at radius 3 is 2.48 bits per heavy atom. The minimum Gasteiger partial charge on any atom is -0.481 e. The van der Waals surface area contributed by atoms with Crippen molar-refractivity contribution in [1.29, 1.82) is 0 Å². The van der Waals surface area contributed by atoms with E-state index >= 15 is 0 Å². The summed E-state index contributed by atoms with van der Waals surface area (Å²) in [6.45, 7) is -0.347. The Labute approximate surface area is 130 Å². The highest BCUT2D eigenvalue weighted by Crippen LogP contribution is 2.36. The highest BCUT2D eigenvalue weighted by atomic mass is 19.4. The molecule has 1 fully saturated rings. The van der Waals surface area contributed by atoms with Crippen LogP contribution in [0.3, 0.4) is 0 Å². The maximum atomic E-state index is 13.2. The van der Waals surface area contributed by atoms with Crippen molar-refractivity contribution < 1.29 is 32.6 Å². The second kappa shape index (κ2) is 6.89. The zero-order valence-electron chi connectivity index (χ0n) is 12.1. The Bertz CT molecular complexity index is 562. The van der Waals surface area contributed by atoms with Crippen molar-refractivity contribution in [3.05, 3.63) is 35.9 Å². The molecule has 1 aliphatic rings. The number of ether oxygens (including phenoxy) is 1. The van der Waals surface area contributed by atoms with E-state index in [-0.39, 0.29) is 26.0 Å². The fourth-order valence-electron chi connectivity index (χ4n) is 2.67. The van der Waals surface area contributed by atoms with Crippen LogP contribution < -0.4 is 0 Å². The average molecular weight is 331 g/mol. The number of carboxylic acids is 1. The molecule has 1 N–H and O–H groups in total. The summed E-state index contributed by atoms with van der Waals surface area (Å²) < 4.78 is 44.6. The molecule has 23 heavy (non-hydrogen) atoms. The topological polar surface area (TPSA) is 66.8 Å². The third kappa shape index (κ3) is 4.14. The van der Waals surface area contributed by atoms with Crippen LogP contribution in [0.4, 0.5) is 18.0 Å². The number of carboxylic acid groups (broad SMARTS) is 1. The SMILES string of the molecule is O=C(O)[C@@H]1CCCN(C(=O)OCc2ccccc2)[C@@H]1C(F)(F)F. The number of nitrogens with zero attached hydrogens (tertiary/aromatic N) is 1. The number of piperidine rings is 1. The predicted octanol–water partition coefficient (Wildman–Crippen LogP) is 3.05. The first-order chi connectivity index (χ1) is 10.8. The van der Waals surface area contributed by atoms with Crippen molar-refractivity contribution in [1.82, 2.24) is 4.90 Å². The summed E-state index contributed by atoms with van der Waals surface area (Å²) in [7, 11) is 0. The number of alkyl halides is 3. The largest absolute Gasteiger partial charge is 0.481 e. The number of benzene rings is 1. The molecule has 2 atom stereocenters. The van der Waals surface area contributed by atoms with Crippen LogP contribution in [-0.2, 0) is 16.1 Å². The van der Waals surface area contributed by atoms with Gasteiger partial charge in [-0.05, 0) is 18.4 Å². The number of rotatable bonds is 3. The Morgan fingerprint density at radius 1 is 1.26 bits per heavy atom. The lowest BCUT2D eigenvalue weighted by atomic mass is 9.89. The molecule has 0 bridgehead atoms. The van der Waals surface area contributed by atoms with Crippen LogP contribution in [0.5, 0.6) is 0 Å². The molecule has 0 unspecified atom stereocenters. The molecule has 1 aromatic rings. The van der Waals surface area contributed by atoms with Gasteiger partial charge in [0, 0.05) is 6.54 Å². The van der Waals surface area contributed by atoms with Gasteiger partial charge in [0.25, 0.3) is 0 Å². The molecule has 0 saturated carbocycles. The van der Waals surface area contributed by atoms with Crippen molar-refractivity contribution in [2.75, 3.05) is 6.54 Å². The number of halogens is 3. The molecule has 0 spiro atoms. The van der Waals surface area contributed by atoms with Crippen LogP contribution in [0.1, 0.15) is 18.4 Å². The van der Waals surface area contributed by atoms with Gasteiger partial charge in [0.05, 0.1) is 5.92 Å². The number of amides is 1. The number of carbonyl (C=O) groups is 2. The first kappa shape index (κ1) is 17.1. The maximum Gasteiger partial charge on any atom is 0.410 e. The molecule has 1 aromatic carbocycles. The molecule has 0 radical (unpaired) electrons. The third-order valence-corrected chi connectivity index (χ3v) is 3.72. The Balaban J connectivity index is 2.11. The summed E-state index contributed by atoms with van der Waals surface area (Å²) in [5, 5.41) is 9.00. The zero-order chi connectivity index (χ0) is 17.0. The quantitative estimate of drug-likeness (QED) is 0.924. The fraction of sp³-hybridized carbons (Fsp3) is 0.467. The lowest BCUT2D eigenvalue weighted by Crippen LogP contribution is -2.57. The minimum absolute atomic E-state index is 0.123. The van der Waals surface area contributed by atoms with Crippen LogP contribution in [0.25, 0.3) is 0 Å². The molecule has 1 heterocycles. The highest BCUT2D eigenvalue weighted by molar-refractivity contribution is 5.74. The third-order valence-electron chi connectivity index (χ3n) is 3.72. The second-order valence-electron chi connectivity index (χ2n) is 5.31. The first-order valence-electron chi connectivity index (χ1n) is 7.07. The summed E-state index contributed by atoms with van der Waals surface area (Å²) >= 11 is 0. The number of hydrogen-bond acceptors (Lipinski definition) is 3. The van der Waals surface area contributed by atoms with Crippen molar-refractivity contribution in [2.24, 2.45) is 5.92 Å². The zero-order valence-corrected chi connectivity index (χ0v) is 12.1. The van der Waals surface area contributed by atoms with Gasteiger partial charge in [-0.3, -0.25) is 9.69 Å².